The molecule has 3 rings (SSSR count). The molecule has 0 spiro atoms. The SMILES string of the molecule is CN(Cc1ccc(OC(F)F)cc1)C(=NCC1CCOC1)NCCc1ccco1.I. The summed E-state index contributed by atoms with van der Waals surface area (Å²) in [6.45, 7) is 0.708. The van der Waals surface area contributed by atoms with Gasteiger partial charge in [-0.25, -0.2) is 0 Å². The average molecular weight is 535 g/mol. The highest BCUT2D eigenvalue weighted by molar-refractivity contribution is 14.0. The van der Waals surface area contributed by atoms with Crippen LogP contribution in [0.3, 0.4) is 0 Å². The van der Waals surface area contributed by atoms with Crippen molar-refractivity contribution in [3.05, 3.63) is 54.0 Å². The molecule has 9 heteroatoms. The maximum absolute atomic E-state index is 12.3. The first-order valence-electron chi connectivity index (χ1n) is 9.73. The zero-order chi connectivity index (χ0) is 20.5. The maximum Gasteiger partial charge on any atom is 0.387 e. The van der Waals surface area contributed by atoms with Crippen LogP contribution in [-0.4, -0.2) is 50.8 Å². The van der Waals surface area contributed by atoms with Gasteiger partial charge in [0.1, 0.15) is 11.5 Å². The summed E-state index contributed by atoms with van der Waals surface area (Å²) < 4.78 is 39.8. The van der Waals surface area contributed by atoms with Crippen molar-refractivity contribution in [2.24, 2.45) is 10.9 Å². The van der Waals surface area contributed by atoms with Gasteiger partial charge in [0, 0.05) is 45.6 Å². The second-order valence-electron chi connectivity index (χ2n) is 7.03. The lowest BCUT2D eigenvalue weighted by atomic mass is 10.1. The highest BCUT2D eigenvalue weighted by atomic mass is 127. The molecule has 0 bridgehead atoms. The van der Waals surface area contributed by atoms with E-state index >= 15 is 0 Å². The lowest BCUT2D eigenvalue weighted by Gasteiger charge is -2.23. The van der Waals surface area contributed by atoms with Crippen LogP contribution in [0.15, 0.2) is 52.1 Å². The van der Waals surface area contributed by atoms with Gasteiger partial charge in [-0.15, -0.1) is 24.0 Å². The van der Waals surface area contributed by atoms with Crippen molar-refractivity contribution in [3.8, 4) is 5.75 Å². The van der Waals surface area contributed by atoms with Crippen LogP contribution in [0.1, 0.15) is 17.7 Å². The van der Waals surface area contributed by atoms with E-state index in [1.807, 2.05) is 24.1 Å². The van der Waals surface area contributed by atoms with E-state index < -0.39 is 6.61 Å². The molecule has 1 aliphatic heterocycles. The van der Waals surface area contributed by atoms with Gasteiger partial charge >= 0.3 is 6.61 Å². The summed E-state index contributed by atoms with van der Waals surface area (Å²) in [5.41, 5.74) is 0.971. The van der Waals surface area contributed by atoms with Crippen LogP contribution in [0.25, 0.3) is 0 Å². The molecule has 166 valence electrons. The van der Waals surface area contributed by atoms with Gasteiger partial charge in [-0.05, 0) is 36.2 Å². The number of furan rings is 1. The van der Waals surface area contributed by atoms with Gasteiger partial charge in [0.2, 0.25) is 0 Å². The highest BCUT2D eigenvalue weighted by Crippen LogP contribution is 2.16. The van der Waals surface area contributed by atoms with Crippen LogP contribution in [0.5, 0.6) is 5.75 Å². The molecule has 0 aliphatic carbocycles. The molecule has 2 heterocycles. The van der Waals surface area contributed by atoms with Crippen LogP contribution < -0.4 is 10.1 Å². The lowest BCUT2D eigenvalue weighted by molar-refractivity contribution is -0.0498. The second kappa shape index (κ2) is 12.7. The van der Waals surface area contributed by atoms with Crippen LogP contribution in [0, 0.1) is 5.92 Å². The fourth-order valence-corrected chi connectivity index (χ4v) is 3.13. The van der Waals surface area contributed by atoms with Gasteiger partial charge in [0.25, 0.3) is 0 Å². The molecule has 0 amide bonds. The highest BCUT2D eigenvalue weighted by Gasteiger charge is 2.16. The van der Waals surface area contributed by atoms with E-state index in [-0.39, 0.29) is 29.7 Å². The largest absolute Gasteiger partial charge is 0.469 e. The number of guanidine groups is 1. The third kappa shape index (κ3) is 8.10. The Bertz CT molecular complexity index is 751. The number of hydrogen-bond donors (Lipinski definition) is 1. The molecule has 0 saturated carbocycles. The number of ether oxygens (including phenoxy) is 2. The fraction of sp³-hybridized carbons (Fsp3) is 0.476. The number of alkyl halides is 2. The molecule has 1 unspecified atom stereocenters. The predicted molar refractivity (Wildman–Crippen MR) is 122 cm³/mol. The molecule has 1 N–H and O–H groups in total. The third-order valence-corrected chi connectivity index (χ3v) is 4.69. The minimum Gasteiger partial charge on any atom is -0.469 e. The quantitative estimate of drug-likeness (QED) is 0.297. The van der Waals surface area contributed by atoms with E-state index in [1.165, 1.54) is 0 Å². The van der Waals surface area contributed by atoms with E-state index in [4.69, 9.17) is 14.1 Å². The minimum atomic E-state index is -2.82. The third-order valence-electron chi connectivity index (χ3n) is 4.69. The van der Waals surface area contributed by atoms with E-state index in [1.54, 1.807) is 30.5 Å². The lowest BCUT2D eigenvalue weighted by Crippen LogP contribution is -2.40. The van der Waals surface area contributed by atoms with Gasteiger partial charge in [-0.2, -0.15) is 8.78 Å². The number of halogens is 3. The molecule has 1 fully saturated rings. The zero-order valence-electron chi connectivity index (χ0n) is 16.9. The monoisotopic (exact) mass is 535 g/mol. The molecular formula is C21H28F2IN3O3. The zero-order valence-corrected chi connectivity index (χ0v) is 19.3. The number of benzene rings is 1. The molecule has 2 aromatic rings. The molecule has 30 heavy (non-hydrogen) atoms. The molecule has 1 atom stereocenters. The number of hydrogen-bond acceptors (Lipinski definition) is 4. The molecule has 0 radical (unpaired) electrons. The van der Waals surface area contributed by atoms with Gasteiger partial charge in [-0.3, -0.25) is 4.99 Å². The van der Waals surface area contributed by atoms with Gasteiger partial charge in [0.05, 0.1) is 12.9 Å². The van der Waals surface area contributed by atoms with E-state index in [0.717, 1.165) is 43.3 Å². The van der Waals surface area contributed by atoms with Gasteiger partial charge in [-0.1, -0.05) is 12.1 Å². The fourth-order valence-electron chi connectivity index (χ4n) is 3.13. The Kier molecular flexibility index (Phi) is 10.4. The molecule has 1 aromatic carbocycles. The van der Waals surface area contributed by atoms with Gasteiger partial charge < -0.3 is 24.1 Å². The normalized spacial score (nSPS) is 16.4. The van der Waals surface area contributed by atoms with Crippen molar-refractivity contribution < 1.29 is 22.7 Å². The first-order chi connectivity index (χ1) is 14.1. The molecule has 1 saturated heterocycles. The van der Waals surface area contributed by atoms with Crippen molar-refractivity contribution in [1.29, 1.82) is 0 Å². The topological polar surface area (TPSA) is 59.2 Å². The Labute approximate surface area is 192 Å². The van der Waals surface area contributed by atoms with Crippen LogP contribution in [0.2, 0.25) is 0 Å². The van der Waals surface area contributed by atoms with Crippen molar-refractivity contribution in [3.63, 3.8) is 0 Å². The molecular weight excluding hydrogens is 507 g/mol. The van der Waals surface area contributed by atoms with Crippen LogP contribution in [0.4, 0.5) is 8.78 Å². The van der Waals surface area contributed by atoms with Crippen LogP contribution in [-0.2, 0) is 17.7 Å². The molecule has 6 nitrogen and oxygen atoms in total. The smallest absolute Gasteiger partial charge is 0.387 e. The summed E-state index contributed by atoms with van der Waals surface area (Å²) in [4.78, 5) is 6.79. The first kappa shape index (κ1) is 24.4. The average Bonchev–Trinajstić information content (AvgIpc) is 3.39. The summed E-state index contributed by atoms with van der Waals surface area (Å²) in [5.74, 6) is 2.30. The molecule has 1 aliphatic rings. The second-order valence-corrected chi connectivity index (χ2v) is 7.03. The summed E-state index contributed by atoms with van der Waals surface area (Å²) >= 11 is 0. The van der Waals surface area contributed by atoms with Crippen molar-refractivity contribution >= 4 is 29.9 Å². The minimum absolute atomic E-state index is 0. The molecule has 1 aromatic heterocycles. The van der Waals surface area contributed by atoms with Gasteiger partial charge in [0.15, 0.2) is 5.96 Å². The van der Waals surface area contributed by atoms with Crippen LogP contribution >= 0.6 is 24.0 Å². The Hall–Kier alpha value is -1.88. The summed E-state index contributed by atoms with van der Waals surface area (Å²) in [6, 6.07) is 10.5. The standard InChI is InChI=1S/C21H27F2N3O3.HI/c1-26(14-16-4-6-19(7-5-16)29-20(22)23)21(25-13-17-9-12-27-15-17)24-10-8-18-3-2-11-28-18;/h2-7,11,17,20H,8-10,12-15H2,1H3,(H,24,25);1H. The van der Waals surface area contributed by atoms with E-state index in [2.05, 4.69) is 10.1 Å². The number of nitrogens with one attached hydrogen (secondary N) is 1. The Morgan fingerprint density at radius 2 is 2.10 bits per heavy atom. The Morgan fingerprint density at radius 3 is 2.73 bits per heavy atom. The van der Waals surface area contributed by atoms with E-state index in [0.29, 0.717) is 25.6 Å². The Balaban J connectivity index is 0.00000320. The predicted octanol–water partition coefficient (Wildman–Crippen LogP) is 4.16. The number of aliphatic imine (C=N–C) groups is 1. The number of nitrogens with zero attached hydrogens (tertiary/aromatic N) is 2. The first-order valence-corrected chi connectivity index (χ1v) is 9.73. The number of rotatable bonds is 9. The summed E-state index contributed by atoms with van der Waals surface area (Å²) in [5, 5.41) is 3.39. The van der Waals surface area contributed by atoms with Crippen molar-refractivity contribution in [1.82, 2.24) is 10.2 Å². The Morgan fingerprint density at radius 1 is 1.30 bits per heavy atom. The maximum atomic E-state index is 12.3. The van der Waals surface area contributed by atoms with E-state index in [9.17, 15) is 8.78 Å². The summed E-state index contributed by atoms with van der Waals surface area (Å²) in [6.07, 6.45) is 3.45. The van der Waals surface area contributed by atoms with Crippen molar-refractivity contribution in [2.45, 2.75) is 26.0 Å². The van der Waals surface area contributed by atoms with Crippen molar-refractivity contribution in [2.75, 3.05) is 33.4 Å². The summed E-state index contributed by atoms with van der Waals surface area (Å²) in [7, 11) is 1.95.